The summed E-state index contributed by atoms with van der Waals surface area (Å²) in [4.78, 5) is 14.7. The number of hydrogen-bond acceptors (Lipinski definition) is 1. The van der Waals surface area contributed by atoms with Gasteiger partial charge in [0.05, 0.1) is 5.02 Å². The van der Waals surface area contributed by atoms with E-state index in [0.29, 0.717) is 10.7 Å². The van der Waals surface area contributed by atoms with Crippen LogP contribution >= 0.6 is 11.6 Å². The van der Waals surface area contributed by atoms with Crippen molar-refractivity contribution in [3.05, 3.63) is 52.3 Å². The topological polar surface area (TPSA) is 44.9 Å². The zero-order chi connectivity index (χ0) is 12.4. The fourth-order valence-corrected chi connectivity index (χ4v) is 1.72. The van der Waals surface area contributed by atoms with Crippen LogP contribution < -0.4 is 5.32 Å². The van der Waals surface area contributed by atoms with Gasteiger partial charge in [0, 0.05) is 11.9 Å². The third-order valence-electron chi connectivity index (χ3n) is 2.53. The van der Waals surface area contributed by atoms with Crippen molar-refractivity contribution in [2.45, 2.75) is 13.8 Å². The molecule has 0 atom stereocenters. The number of H-pyrrole nitrogens is 1. The molecular formula is C13H13ClN2O. The number of carbonyl (C=O) groups is 1. The molecule has 2 N–H and O–H groups in total. The van der Waals surface area contributed by atoms with Crippen molar-refractivity contribution in [2.75, 3.05) is 5.32 Å². The van der Waals surface area contributed by atoms with E-state index in [1.54, 1.807) is 12.3 Å². The van der Waals surface area contributed by atoms with Gasteiger partial charge in [0.2, 0.25) is 0 Å². The lowest BCUT2D eigenvalue weighted by molar-refractivity contribution is 0.102. The van der Waals surface area contributed by atoms with Gasteiger partial charge in [0.15, 0.2) is 0 Å². The van der Waals surface area contributed by atoms with Crippen LogP contribution in [0.25, 0.3) is 0 Å². The van der Waals surface area contributed by atoms with E-state index in [1.165, 1.54) is 0 Å². The summed E-state index contributed by atoms with van der Waals surface area (Å²) in [6.45, 7) is 3.94. The number of rotatable bonds is 2. The van der Waals surface area contributed by atoms with Gasteiger partial charge in [0.25, 0.3) is 5.91 Å². The Bertz CT molecular complexity index is 560. The average molecular weight is 249 g/mol. The number of hydrogen-bond donors (Lipinski definition) is 2. The van der Waals surface area contributed by atoms with Crippen LogP contribution in [0.3, 0.4) is 0 Å². The number of aryl methyl sites for hydroxylation is 2. The first-order valence-corrected chi connectivity index (χ1v) is 5.66. The maximum Gasteiger partial charge on any atom is 0.272 e. The molecule has 0 fully saturated rings. The predicted octanol–water partition coefficient (Wildman–Crippen LogP) is 3.54. The van der Waals surface area contributed by atoms with Gasteiger partial charge < -0.3 is 10.3 Å². The lowest BCUT2D eigenvalue weighted by Gasteiger charge is -2.08. The minimum atomic E-state index is -0.189. The van der Waals surface area contributed by atoms with Crippen LogP contribution in [-0.4, -0.2) is 10.9 Å². The third-order valence-corrected chi connectivity index (χ3v) is 2.75. The van der Waals surface area contributed by atoms with E-state index in [1.807, 2.05) is 32.0 Å². The second kappa shape index (κ2) is 4.63. The van der Waals surface area contributed by atoms with Gasteiger partial charge in [-0.15, -0.1) is 0 Å². The van der Waals surface area contributed by atoms with Crippen LogP contribution in [0, 0.1) is 13.8 Å². The second-order valence-corrected chi connectivity index (χ2v) is 4.44. The molecule has 0 aliphatic rings. The van der Waals surface area contributed by atoms with Crippen molar-refractivity contribution in [3.63, 3.8) is 0 Å². The van der Waals surface area contributed by atoms with Crippen LogP contribution in [0.15, 0.2) is 30.5 Å². The van der Waals surface area contributed by atoms with Crippen LogP contribution in [0.2, 0.25) is 5.02 Å². The Morgan fingerprint density at radius 1 is 1.29 bits per heavy atom. The average Bonchev–Trinajstić information content (AvgIpc) is 2.70. The Labute approximate surface area is 105 Å². The molecule has 1 aromatic carbocycles. The Kier molecular flexibility index (Phi) is 3.20. The van der Waals surface area contributed by atoms with Crippen molar-refractivity contribution in [3.8, 4) is 0 Å². The molecule has 88 valence electrons. The highest BCUT2D eigenvalue weighted by molar-refractivity contribution is 6.31. The first kappa shape index (κ1) is 11.7. The SMILES string of the molecule is Cc1ccc(C)c(NC(=O)c2cc(Cl)c[nH]2)c1. The number of carbonyl (C=O) groups excluding carboxylic acids is 1. The van der Waals surface area contributed by atoms with E-state index in [0.717, 1.165) is 16.8 Å². The van der Waals surface area contributed by atoms with Gasteiger partial charge in [-0.2, -0.15) is 0 Å². The van der Waals surface area contributed by atoms with E-state index < -0.39 is 0 Å². The number of aromatic nitrogens is 1. The van der Waals surface area contributed by atoms with Gasteiger partial charge in [-0.3, -0.25) is 4.79 Å². The molecule has 1 heterocycles. The zero-order valence-corrected chi connectivity index (χ0v) is 10.4. The van der Waals surface area contributed by atoms with E-state index in [4.69, 9.17) is 11.6 Å². The monoisotopic (exact) mass is 248 g/mol. The number of amides is 1. The molecule has 0 saturated heterocycles. The van der Waals surface area contributed by atoms with Crippen molar-refractivity contribution < 1.29 is 4.79 Å². The highest BCUT2D eigenvalue weighted by Gasteiger charge is 2.09. The molecule has 4 heteroatoms. The minimum absolute atomic E-state index is 0.189. The molecule has 0 aliphatic heterocycles. The van der Waals surface area contributed by atoms with Gasteiger partial charge in [-0.25, -0.2) is 0 Å². The molecule has 0 bridgehead atoms. The molecule has 0 unspecified atom stereocenters. The lowest BCUT2D eigenvalue weighted by atomic mass is 10.1. The largest absolute Gasteiger partial charge is 0.356 e. The Hall–Kier alpha value is -1.74. The number of benzene rings is 1. The van der Waals surface area contributed by atoms with E-state index in [-0.39, 0.29) is 5.91 Å². The number of nitrogens with one attached hydrogen (secondary N) is 2. The smallest absolute Gasteiger partial charge is 0.272 e. The number of aromatic amines is 1. The van der Waals surface area contributed by atoms with Gasteiger partial charge in [-0.05, 0) is 37.1 Å². The second-order valence-electron chi connectivity index (χ2n) is 4.00. The number of halogens is 1. The first-order valence-electron chi connectivity index (χ1n) is 5.29. The maximum absolute atomic E-state index is 11.9. The zero-order valence-electron chi connectivity index (χ0n) is 9.67. The highest BCUT2D eigenvalue weighted by atomic mass is 35.5. The standard InChI is InChI=1S/C13H13ClN2O/c1-8-3-4-9(2)11(5-8)16-13(17)12-6-10(14)7-15-12/h3-7,15H,1-2H3,(H,16,17). The predicted molar refractivity (Wildman–Crippen MR) is 69.7 cm³/mol. The summed E-state index contributed by atoms with van der Waals surface area (Å²) in [6.07, 6.45) is 1.58. The molecule has 0 saturated carbocycles. The summed E-state index contributed by atoms with van der Waals surface area (Å²) in [7, 11) is 0. The molecule has 1 aromatic heterocycles. The molecular weight excluding hydrogens is 236 g/mol. The van der Waals surface area contributed by atoms with Crippen molar-refractivity contribution in [1.82, 2.24) is 4.98 Å². The lowest BCUT2D eigenvalue weighted by Crippen LogP contribution is -2.13. The molecule has 0 aliphatic carbocycles. The van der Waals surface area contributed by atoms with E-state index >= 15 is 0 Å². The number of anilines is 1. The first-order chi connectivity index (χ1) is 8.06. The van der Waals surface area contributed by atoms with Crippen molar-refractivity contribution in [1.29, 1.82) is 0 Å². The summed E-state index contributed by atoms with van der Waals surface area (Å²) < 4.78 is 0. The molecule has 2 rings (SSSR count). The molecule has 0 radical (unpaired) electrons. The molecule has 0 spiro atoms. The quantitative estimate of drug-likeness (QED) is 0.839. The Morgan fingerprint density at radius 3 is 2.71 bits per heavy atom. The molecule has 3 nitrogen and oxygen atoms in total. The summed E-state index contributed by atoms with van der Waals surface area (Å²) in [6, 6.07) is 7.53. The van der Waals surface area contributed by atoms with Crippen LogP contribution in [0.4, 0.5) is 5.69 Å². The summed E-state index contributed by atoms with van der Waals surface area (Å²) in [5, 5.41) is 3.38. The third kappa shape index (κ3) is 2.68. The van der Waals surface area contributed by atoms with E-state index in [9.17, 15) is 4.79 Å². The van der Waals surface area contributed by atoms with E-state index in [2.05, 4.69) is 10.3 Å². The van der Waals surface area contributed by atoms with Crippen LogP contribution in [0.1, 0.15) is 21.6 Å². The minimum Gasteiger partial charge on any atom is -0.356 e. The molecule has 1 amide bonds. The van der Waals surface area contributed by atoms with Crippen LogP contribution in [-0.2, 0) is 0 Å². The normalized spacial score (nSPS) is 10.3. The Morgan fingerprint density at radius 2 is 2.06 bits per heavy atom. The molecule has 17 heavy (non-hydrogen) atoms. The fraction of sp³-hybridized carbons (Fsp3) is 0.154. The van der Waals surface area contributed by atoms with Gasteiger partial charge in [0.1, 0.15) is 5.69 Å². The Balaban J connectivity index is 2.21. The summed E-state index contributed by atoms with van der Waals surface area (Å²) in [5.74, 6) is -0.189. The molecule has 2 aromatic rings. The van der Waals surface area contributed by atoms with Gasteiger partial charge in [-0.1, -0.05) is 23.7 Å². The highest BCUT2D eigenvalue weighted by Crippen LogP contribution is 2.18. The maximum atomic E-state index is 11.9. The van der Waals surface area contributed by atoms with Crippen molar-refractivity contribution in [2.24, 2.45) is 0 Å². The fourth-order valence-electron chi connectivity index (χ4n) is 1.56. The van der Waals surface area contributed by atoms with Crippen LogP contribution in [0.5, 0.6) is 0 Å². The van der Waals surface area contributed by atoms with Gasteiger partial charge >= 0.3 is 0 Å². The summed E-state index contributed by atoms with van der Waals surface area (Å²) in [5.41, 5.74) is 3.41. The summed E-state index contributed by atoms with van der Waals surface area (Å²) >= 11 is 5.75. The van der Waals surface area contributed by atoms with Crippen molar-refractivity contribution >= 4 is 23.2 Å².